The average Bonchev–Trinajstić information content (AvgIpc) is 2.55. The molecule has 0 spiro atoms. The van der Waals surface area contributed by atoms with Crippen LogP contribution in [-0.2, 0) is 6.42 Å². The van der Waals surface area contributed by atoms with Crippen molar-refractivity contribution in [3.63, 3.8) is 0 Å². The summed E-state index contributed by atoms with van der Waals surface area (Å²) >= 11 is 2.38. The Morgan fingerprint density at radius 3 is 2.92 bits per heavy atom. The molecule has 0 N–H and O–H groups in total. The van der Waals surface area contributed by atoms with Gasteiger partial charge in [-0.05, 0) is 30.5 Å². The van der Waals surface area contributed by atoms with E-state index in [1.165, 1.54) is 16.7 Å². The Bertz CT molecular complexity index is 333. The summed E-state index contributed by atoms with van der Waals surface area (Å²) < 4.78 is 6.93. The zero-order valence-corrected chi connectivity index (χ0v) is 10.1. The minimum absolute atomic E-state index is 0.399. The summed E-state index contributed by atoms with van der Waals surface area (Å²) in [6, 6.07) is 4.39. The third-order valence-corrected chi connectivity index (χ3v) is 3.64. The van der Waals surface area contributed by atoms with E-state index in [1.807, 2.05) is 0 Å². The summed E-state index contributed by atoms with van der Waals surface area (Å²) in [5, 5.41) is 0. The van der Waals surface area contributed by atoms with E-state index in [9.17, 15) is 0 Å². The molecule has 0 fully saturated rings. The second-order valence-electron chi connectivity index (χ2n) is 3.59. The Labute approximate surface area is 92.6 Å². The van der Waals surface area contributed by atoms with E-state index in [1.54, 1.807) is 0 Å². The Morgan fingerprint density at radius 2 is 2.23 bits per heavy atom. The van der Waals surface area contributed by atoms with Gasteiger partial charge in [0.15, 0.2) is 0 Å². The lowest BCUT2D eigenvalue weighted by Crippen LogP contribution is -2.13. The van der Waals surface area contributed by atoms with Crippen molar-refractivity contribution >= 4 is 22.6 Å². The van der Waals surface area contributed by atoms with Crippen LogP contribution in [0.2, 0.25) is 0 Å². The Kier molecular flexibility index (Phi) is 2.49. The molecule has 0 saturated carbocycles. The van der Waals surface area contributed by atoms with E-state index in [2.05, 4.69) is 48.6 Å². The summed E-state index contributed by atoms with van der Waals surface area (Å²) in [4.78, 5) is 0. The smallest absolute Gasteiger partial charge is 0.126 e. The van der Waals surface area contributed by atoms with Crippen molar-refractivity contribution < 1.29 is 4.74 Å². The maximum absolute atomic E-state index is 5.86. The standard InChI is InChI=1S/C11H13IO/c1-7-3-4-9-5-10(6-12)13-11(9)8(7)2/h3-4,10H,5-6H2,1-2H3. The van der Waals surface area contributed by atoms with Crippen LogP contribution in [0.25, 0.3) is 0 Å². The molecule has 0 bridgehead atoms. The Hall–Kier alpha value is -0.250. The summed E-state index contributed by atoms with van der Waals surface area (Å²) in [6.07, 6.45) is 1.48. The van der Waals surface area contributed by atoms with Gasteiger partial charge in [-0.25, -0.2) is 0 Å². The molecular weight excluding hydrogens is 275 g/mol. The van der Waals surface area contributed by atoms with E-state index in [4.69, 9.17) is 4.74 Å². The van der Waals surface area contributed by atoms with Gasteiger partial charge in [0.25, 0.3) is 0 Å². The van der Waals surface area contributed by atoms with Gasteiger partial charge in [0.05, 0.1) is 0 Å². The number of rotatable bonds is 1. The summed E-state index contributed by atoms with van der Waals surface area (Å²) in [7, 11) is 0. The molecule has 0 radical (unpaired) electrons. The largest absolute Gasteiger partial charge is 0.489 e. The molecule has 1 aliphatic heterocycles. The highest BCUT2D eigenvalue weighted by Crippen LogP contribution is 2.34. The monoisotopic (exact) mass is 288 g/mol. The van der Waals surface area contributed by atoms with Gasteiger partial charge in [0.1, 0.15) is 11.9 Å². The van der Waals surface area contributed by atoms with Crippen LogP contribution in [-0.4, -0.2) is 10.5 Å². The van der Waals surface area contributed by atoms with Gasteiger partial charge in [-0.15, -0.1) is 0 Å². The van der Waals surface area contributed by atoms with Crippen LogP contribution < -0.4 is 4.74 Å². The second-order valence-corrected chi connectivity index (χ2v) is 4.47. The second kappa shape index (κ2) is 3.48. The third kappa shape index (κ3) is 1.56. The maximum atomic E-state index is 5.86. The van der Waals surface area contributed by atoms with Gasteiger partial charge in [0.2, 0.25) is 0 Å². The Morgan fingerprint density at radius 1 is 1.46 bits per heavy atom. The first-order chi connectivity index (χ1) is 6.22. The lowest BCUT2D eigenvalue weighted by atomic mass is 10.0. The molecular formula is C11H13IO. The van der Waals surface area contributed by atoms with Crippen LogP contribution in [0.1, 0.15) is 16.7 Å². The van der Waals surface area contributed by atoms with Crippen molar-refractivity contribution in [3.05, 3.63) is 28.8 Å². The quantitative estimate of drug-likeness (QED) is 0.570. The number of hydrogen-bond acceptors (Lipinski definition) is 1. The van der Waals surface area contributed by atoms with Crippen LogP contribution in [0.5, 0.6) is 5.75 Å². The van der Waals surface area contributed by atoms with Gasteiger partial charge in [-0.1, -0.05) is 34.7 Å². The average molecular weight is 288 g/mol. The topological polar surface area (TPSA) is 9.23 Å². The fourth-order valence-electron chi connectivity index (χ4n) is 1.71. The number of hydrogen-bond donors (Lipinski definition) is 0. The van der Waals surface area contributed by atoms with E-state index >= 15 is 0 Å². The molecule has 13 heavy (non-hydrogen) atoms. The summed E-state index contributed by atoms with van der Waals surface area (Å²) in [5.74, 6) is 1.14. The van der Waals surface area contributed by atoms with Crippen molar-refractivity contribution in [1.29, 1.82) is 0 Å². The van der Waals surface area contributed by atoms with Crippen molar-refractivity contribution in [2.45, 2.75) is 26.4 Å². The van der Waals surface area contributed by atoms with Crippen LogP contribution in [0.3, 0.4) is 0 Å². The van der Waals surface area contributed by atoms with Crippen LogP contribution in [0.4, 0.5) is 0 Å². The number of fused-ring (bicyclic) bond motifs is 1. The van der Waals surface area contributed by atoms with Crippen LogP contribution >= 0.6 is 22.6 Å². The fraction of sp³-hybridized carbons (Fsp3) is 0.455. The molecule has 1 aromatic carbocycles. The highest BCUT2D eigenvalue weighted by molar-refractivity contribution is 14.1. The van der Waals surface area contributed by atoms with Gasteiger partial charge >= 0.3 is 0 Å². The van der Waals surface area contributed by atoms with E-state index in [0.29, 0.717) is 6.10 Å². The highest BCUT2D eigenvalue weighted by atomic mass is 127. The zero-order valence-electron chi connectivity index (χ0n) is 7.93. The van der Waals surface area contributed by atoms with E-state index in [0.717, 1.165) is 16.6 Å². The van der Waals surface area contributed by atoms with Gasteiger partial charge < -0.3 is 4.74 Å². The first-order valence-electron chi connectivity index (χ1n) is 4.54. The molecule has 0 aromatic heterocycles. The molecule has 1 heterocycles. The molecule has 0 saturated heterocycles. The lowest BCUT2D eigenvalue weighted by Gasteiger charge is -2.08. The first-order valence-corrected chi connectivity index (χ1v) is 6.06. The predicted octanol–water partition coefficient (Wildman–Crippen LogP) is 3.04. The van der Waals surface area contributed by atoms with Gasteiger partial charge in [-0.2, -0.15) is 0 Å². The highest BCUT2D eigenvalue weighted by Gasteiger charge is 2.23. The minimum Gasteiger partial charge on any atom is -0.489 e. The van der Waals surface area contributed by atoms with Crippen molar-refractivity contribution in [2.24, 2.45) is 0 Å². The molecule has 0 aliphatic carbocycles. The third-order valence-electron chi connectivity index (χ3n) is 2.66. The molecule has 1 nitrogen and oxygen atoms in total. The first kappa shape index (κ1) is 9.31. The number of aryl methyl sites for hydroxylation is 1. The maximum Gasteiger partial charge on any atom is 0.126 e. The number of halogens is 1. The molecule has 0 amide bonds. The minimum atomic E-state index is 0.399. The van der Waals surface area contributed by atoms with Crippen LogP contribution in [0.15, 0.2) is 12.1 Å². The zero-order chi connectivity index (χ0) is 9.42. The van der Waals surface area contributed by atoms with Crippen molar-refractivity contribution in [2.75, 3.05) is 4.43 Å². The SMILES string of the molecule is Cc1ccc2c(c1C)OC(CI)C2. The number of alkyl halides is 1. The number of benzene rings is 1. The van der Waals surface area contributed by atoms with Gasteiger partial charge in [-0.3, -0.25) is 0 Å². The molecule has 1 atom stereocenters. The molecule has 1 aliphatic rings. The van der Waals surface area contributed by atoms with E-state index < -0.39 is 0 Å². The van der Waals surface area contributed by atoms with Crippen molar-refractivity contribution in [1.82, 2.24) is 0 Å². The lowest BCUT2D eigenvalue weighted by molar-refractivity contribution is 0.261. The summed E-state index contributed by atoms with van der Waals surface area (Å²) in [5.41, 5.74) is 4.02. The molecule has 70 valence electrons. The molecule has 2 heteroatoms. The number of ether oxygens (including phenoxy) is 1. The fourth-order valence-corrected chi connectivity index (χ4v) is 2.20. The molecule has 1 aromatic rings. The van der Waals surface area contributed by atoms with Gasteiger partial charge in [0, 0.05) is 10.8 Å². The van der Waals surface area contributed by atoms with E-state index in [-0.39, 0.29) is 0 Å². The summed E-state index contributed by atoms with van der Waals surface area (Å²) in [6.45, 7) is 4.28. The predicted molar refractivity (Wildman–Crippen MR) is 62.9 cm³/mol. The normalized spacial score (nSPS) is 19.8. The van der Waals surface area contributed by atoms with Crippen LogP contribution in [0, 0.1) is 13.8 Å². The molecule has 1 unspecified atom stereocenters. The Balaban J connectivity index is 2.40. The molecule has 2 rings (SSSR count). The van der Waals surface area contributed by atoms with Crippen molar-refractivity contribution in [3.8, 4) is 5.75 Å².